The molecule has 0 aromatic heterocycles. The van der Waals surface area contributed by atoms with Crippen molar-refractivity contribution < 1.29 is 14.3 Å². The fraction of sp³-hybridized carbons (Fsp3) is 0.438. The van der Waals surface area contributed by atoms with Crippen LogP contribution in [0.3, 0.4) is 0 Å². The van der Waals surface area contributed by atoms with Crippen molar-refractivity contribution in [3.05, 3.63) is 36.4 Å². The molecule has 1 aromatic carbocycles. The fourth-order valence-corrected chi connectivity index (χ4v) is 3.25. The smallest absolute Gasteiger partial charge is 0.247 e. The van der Waals surface area contributed by atoms with Gasteiger partial charge in [-0.3, -0.25) is 4.79 Å². The Kier molecular flexibility index (Phi) is 5.99. The lowest BCUT2D eigenvalue weighted by Crippen LogP contribution is -2.37. The Bertz CT molecular complexity index is 504. The monoisotopic (exact) mass is 307 g/mol. The lowest BCUT2D eigenvalue weighted by atomic mass is 10.3. The van der Waals surface area contributed by atoms with E-state index >= 15 is 0 Å². The first kappa shape index (κ1) is 15.8. The van der Waals surface area contributed by atoms with Crippen molar-refractivity contribution in [1.82, 2.24) is 4.90 Å². The zero-order valence-electron chi connectivity index (χ0n) is 12.5. The molecule has 1 atom stereocenters. The number of hydrogen-bond donors (Lipinski definition) is 0. The zero-order valence-corrected chi connectivity index (χ0v) is 13.3. The Labute approximate surface area is 130 Å². The molecular formula is C16H21NO3S. The van der Waals surface area contributed by atoms with Gasteiger partial charge in [-0.15, -0.1) is 11.8 Å². The third-order valence-electron chi connectivity index (χ3n) is 3.22. The van der Waals surface area contributed by atoms with Crippen LogP contribution in [0.5, 0.6) is 11.5 Å². The number of methoxy groups -OCH3 is 1. The van der Waals surface area contributed by atoms with Gasteiger partial charge in [0.15, 0.2) is 11.5 Å². The van der Waals surface area contributed by atoms with Gasteiger partial charge >= 0.3 is 0 Å². The molecule has 0 N–H and O–H groups in total. The molecule has 1 heterocycles. The Morgan fingerprint density at radius 2 is 2.19 bits per heavy atom. The molecule has 2 rings (SSSR count). The molecule has 1 fully saturated rings. The van der Waals surface area contributed by atoms with E-state index in [2.05, 4.69) is 0 Å². The third kappa shape index (κ3) is 4.17. The first-order valence-electron chi connectivity index (χ1n) is 7.10. The number of rotatable bonds is 6. The molecule has 0 spiro atoms. The molecule has 0 aliphatic carbocycles. The Morgan fingerprint density at radius 1 is 1.43 bits per heavy atom. The zero-order chi connectivity index (χ0) is 15.1. The number of thioether (sulfide) groups is 1. The van der Waals surface area contributed by atoms with E-state index in [0.717, 1.165) is 18.7 Å². The highest BCUT2D eigenvalue weighted by atomic mass is 32.2. The summed E-state index contributed by atoms with van der Waals surface area (Å²) in [7, 11) is 1.62. The minimum Gasteiger partial charge on any atom is -0.493 e. The Hall–Kier alpha value is -1.62. The van der Waals surface area contributed by atoms with E-state index in [1.165, 1.54) is 0 Å². The van der Waals surface area contributed by atoms with Crippen LogP contribution in [0.15, 0.2) is 36.4 Å². The molecule has 5 heteroatoms. The summed E-state index contributed by atoms with van der Waals surface area (Å²) in [5.74, 6) is 2.44. The second kappa shape index (κ2) is 7.98. The number of benzene rings is 1. The van der Waals surface area contributed by atoms with Crippen molar-refractivity contribution in [3.8, 4) is 11.5 Å². The van der Waals surface area contributed by atoms with Crippen LogP contribution in [0.1, 0.15) is 13.3 Å². The number of hydrogen-bond acceptors (Lipinski definition) is 4. The maximum absolute atomic E-state index is 12.1. The Balaban J connectivity index is 1.95. The van der Waals surface area contributed by atoms with Crippen molar-refractivity contribution in [1.29, 1.82) is 0 Å². The van der Waals surface area contributed by atoms with Crippen molar-refractivity contribution in [2.75, 3.05) is 26.0 Å². The van der Waals surface area contributed by atoms with Crippen molar-refractivity contribution in [3.63, 3.8) is 0 Å². The van der Waals surface area contributed by atoms with Gasteiger partial charge in [0.05, 0.1) is 7.11 Å². The first-order chi connectivity index (χ1) is 10.3. The predicted octanol–water partition coefficient (Wildman–Crippen LogP) is 2.94. The Morgan fingerprint density at radius 3 is 2.90 bits per heavy atom. The molecular weight excluding hydrogens is 286 g/mol. The molecule has 4 nitrogen and oxygen atoms in total. The summed E-state index contributed by atoms with van der Waals surface area (Å²) in [6.07, 6.45) is 4.42. The quantitative estimate of drug-likeness (QED) is 0.758. The van der Waals surface area contributed by atoms with Crippen LogP contribution >= 0.6 is 11.8 Å². The van der Waals surface area contributed by atoms with E-state index in [1.54, 1.807) is 24.9 Å². The average molecular weight is 307 g/mol. The summed E-state index contributed by atoms with van der Waals surface area (Å²) >= 11 is 1.75. The van der Waals surface area contributed by atoms with E-state index in [9.17, 15) is 4.79 Å². The summed E-state index contributed by atoms with van der Waals surface area (Å²) in [4.78, 5) is 14.0. The molecule has 1 unspecified atom stereocenters. The van der Waals surface area contributed by atoms with Gasteiger partial charge in [-0.2, -0.15) is 0 Å². The normalized spacial score (nSPS) is 18.2. The SMILES string of the molecule is CCC=CC(=O)N1CCSC1COc1ccccc1OC. The molecule has 1 aliphatic rings. The minimum atomic E-state index is 0.0592. The van der Waals surface area contributed by atoms with Gasteiger partial charge in [0.1, 0.15) is 12.0 Å². The highest BCUT2D eigenvalue weighted by Crippen LogP contribution is 2.29. The van der Waals surface area contributed by atoms with Gasteiger partial charge < -0.3 is 14.4 Å². The summed E-state index contributed by atoms with van der Waals surface area (Å²) in [5, 5.41) is 0.0592. The second-order valence-corrected chi connectivity index (χ2v) is 5.92. The van der Waals surface area contributed by atoms with Crippen LogP contribution in [0.2, 0.25) is 0 Å². The largest absolute Gasteiger partial charge is 0.493 e. The van der Waals surface area contributed by atoms with E-state index in [0.29, 0.717) is 18.1 Å². The van der Waals surface area contributed by atoms with E-state index in [1.807, 2.05) is 42.2 Å². The van der Waals surface area contributed by atoms with Crippen LogP contribution in [0.4, 0.5) is 0 Å². The molecule has 114 valence electrons. The van der Waals surface area contributed by atoms with E-state index < -0.39 is 0 Å². The number of carbonyl (C=O) groups is 1. The van der Waals surface area contributed by atoms with Crippen molar-refractivity contribution in [2.45, 2.75) is 18.7 Å². The molecule has 0 radical (unpaired) electrons. The van der Waals surface area contributed by atoms with Crippen LogP contribution in [0.25, 0.3) is 0 Å². The maximum Gasteiger partial charge on any atom is 0.247 e. The van der Waals surface area contributed by atoms with E-state index in [-0.39, 0.29) is 11.3 Å². The summed E-state index contributed by atoms with van der Waals surface area (Å²) < 4.78 is 11.1. The van der Waals surface area contributed by atoms with Gasteiger partial charge in [0.2, 0.25) is 5.91 Å². The van der Waals surface area contributed by atoms with E-state index in [4.69, 9.17) is 9.47 Å². The van der Waals surface area contributed by atoms with Crippen LogP contribution < -0.4 is 9.47 Å². The number of allylic oxidation sites excluding steroid dienone is 1. The highest BCUT2D eigenvalue weighted by Gasteiger charge is 2.28. The number of ether oxygens (including phenoxy) is 2. The minimum absolute atomic E-state index is 0.0592. The standard InChI is InChI=1S/C16H21NO3S/c1-3-4-9-15(18)17-10-11-21-16(17)12-20-14-8-6-5-7-13(14)19-2/h4-9,16H,3,10-12H2,1-2H3. The number of amides is 1. The topological polar surface area (TPSA) is 38.8 Å². The second-order valence-electron chi connectivity index (χ2n) is 4.63. The van der Waals surface area contributed by atoms with Crippen LogP contribution in [0, 0.1) is 0 Å². The molecule has 1 aromatic rings. The molecule has 1 amide bonds. The van der Waals surface area contributed by atoms with Gasteiger partial charge in [-0.1, -0.05) is 25.1 Å². The maximum atomic E-state index is 12.1. The van der Waals surface area contributed by atoms with Gasteiger partial charge in [0.25, 0.3) is 0 Å². The third-order valence-corrected chi connectivity index (χ3v) is 4.41. The summed E-state index contributed by atoms with van der Waals surface area (Å²) in [5.41, 5.74) is 0. The average Bonchev–Trinajstić information content (AvgIpc) is 2.99. The van der Waals surface area contributed by atoms with Crippen LogP contribution in [-0.2, 0) is 4.79 Å². The lowest BCUT2D eigenvalue weighted by molar-refractivity contribution is -0.126. The summed E-state index contributed by atoms with van der Waals surface area (Å²) in [6.45, 7) is 3.26. The van der Waals surface area contributed by atoms with Gasteiger partial charge in [-0.25, -0.2) is 0 Å². The van der Waals surface area contributed by atoms with Crippen LogP contribution in [-0.4, -0.2) is 42.2 Å². The molecule has 0 bridgehead atoms. The highest BCUT2D eigenvalue weighted by molar-refractivity contribution is 8.00. The molecule has 21 heavy (non-hydrogen) atoms. The fourth-order valence-electron chi connectivity index (χ4n) is 2.12. The van der Waals surface area contributed by atoms with Gasteiger partial charge in [0, 0.05) is 12.3 Å². The first-order valence-corrected chi connectivity index (χ1v) is 8.15. The van der Waals surface area contributed by atoms with Crippen molar-refractivity contribution >= 4 is 17.7 Å². The molecule has 0 saturated carbocycles. The van der Waals surface area contributed by atoms with Crippen molar-refractivity contribution in [2.24, 2.45) is 0 Å². The number of carbonyl (C=O) groups excluding carboxylic acids is 1. The summed E-state index contributed by atoms with van der Waals surface area (Å²) in [6, 6.07) is 7.56. The molecule has 1 aliphatic heterocycles. The number of nitrogens with zero attached hydrogens (tertiary/aromatic N) is 1. The number of para-hydroxylation sites is 2. The van der Waals surface area contributed by atoms with Gasteiger partial charge in [-0.05, 0) is 24.6 Å². The predicted molar refractivity (Wildman–Crippen MR) is 85.9 cm³/mol. The molecule has 1 saturated heterocycles. The lowest BCUT2D eigenvalue weighted by Gasteiger charge is -2.23.